The van der Waals surface area contributed by atoms with E-state index in [9.17, 15) is 18.8 Å². The number of Topliss-reactive ketones (excluding diaryl/α,β-unsaturated/α-hetero) is 1. The third-order valence-electron chi connectivity index (χ3n) is 6.83. The molecular weight excluding hydrogens is 447 g/mol. The second kappa shape index (κ2) is 7.88. The lowest BCUT2D eigenvalue weighted by atomic mass is 10.00. The number of rotatable bonds is 5. The first-order valence-electron chi connectivity index (χ1n) is 10.8. The van der Waals surface area contributed by atoms with Crippen LogP contribution in [-0.4, -0.2) is 39.4 Å². The van der Waals surface area contributed by atoms with E-state index < -0.39 is 23.4 Å². The van der Waals surface area contributed by atoms with Gasteiger partial charge in [-0.2, -0.15) is 0 Å². The molecule has 2 aromatic carbocycles. The molecule has 2 atom stereocenters. The maximum atomic E-state index is 14.2. The van der Waals surface area contributed by atoms with Gasteiger partial charge in [-0.05, 0) is 42.9 Å². The molecule has 3 N–H and O–H groups in total. The molecule has 5 rings (SSSR count). The standard InChI is InChI=1S/C24H22ClFN4O3/c25-17-6-3-4-14(21(17)26)8-9-20(31)24-12-15(24)10-11-30(24)23(33)28-18-13-29(22(27)32)19-7-2-1-5-16(18)19/h1-7,13,15H,8-12H2,(H2,27,32)(H,28,33)/t15-,24+/m1/s1. The summed E-state index contributed by atoms with van der Waals surface area (Å²) < 4.78 is 15.5. The zero-order chi connectivity index (χ0) is 23.3. The number of fused-ring (bicyclic) bond motifs is 2. The number of nitrogens with zero attached hydrogens (tertiary/aromatic N) is 2. The Morgan fingerprint density at radius 1 is 1.18 bits per heavy atom. The van der Waals surface area contributed by atoms with Crippen molar-refractivity contribution in [2.24, 2.45) is 11.7 Å². The number of ketones is 1. The molecule has 170 valence electrons. The van der Waals surface area contributed by atoms with E-state index >= 15 is 0 Å². The molecule has 0 spiro atoms. The van der Waals surface area contributed by atoms with Crippen molar-refractivity contribution in [3.63, 3.8) is 0 Å². The van der Waals surface area contributed by atoms with E-state index in [1.165, 1.54) is 16.8 Å². The fourth-order valence-electron chi connectivity index (χ4n) is 5.10. The Balaban J connectivity index is 1.34. The Morgan fingerprint density at radius 2 is 1.97 bits per heavy atom. The number of nitrogens with one attached hydrogen (secondary N) is 1. The van der Waals surface area contributed by atoms with Crippen molar-refractivity contribution in [2.45, 2.75) is 31.2 Å². The number of hydrogen-bond acceptors (Lipinski definition) is 3. The lowest BCUT2D eigenvalue weighted by Crippen LogP contribution is -2.47. The third kappa shape index (κ3) is 3.45. The van der Waals surface area contributed by atoms with Crippen LogP contribution in [0.1, 0.15) is 24.8 Å². The molecule has 9 heteroatoms. The molecule has 1 aliphatic carbocycles. The highest BCUT2D eigenvalue weighted by atomic mass is 35.5. The SMILES string of the molecule is NC(=O)n1cc(NC(=O)N2CC[C@@H]3C[C@@]32C(=O)CCc2cccc(Cl)c2F)c2ccccc21. The van der Waals surface area contributed by atoms with Gasteiger partial charge in [-0.1, -0.05) is 41.9 Å². The number of anilines is 1. The molecule has 2 fully saturated rings. The van der Waals surface area contributed by atoms with E-state index in [0.29, 0.717) is 35.1 Å². The molecule has 0 unspecified atom stereocenters. The third-order valence-corrected chi connectivity index (χ3v) is 7.12. The number of amides is 3. The molecule has 0 bridgehead atoms. The van der Waals surface area contributed by atoms with Crippen molar-refractivity contribution in [3.8, 4) is 0 Å². The van der Waals surface area contributed by atoms with Gasteiger partial charge in [0.1, 0.15) is 11.4 Å². The summed E-state index contributed by atoms with van der Waals surface area (Å²) >= 11 is 5.84. The minimum atomic E-state index is -0.846. The molecular formula is C24H22ClFN4O3. The number of aryl methyl sites for hydroxylation is 1. The van der Waals surface area contributed by atoms with Crippen LogP contribution in [0, 0.1) is 11.7 Å². The minimum absolute atomic E-state index is 0.0272. The highest BCUT2D eigenvalue weighted by Crippen LogP contribution is 2.57. The van der Waals surface area contributed by atoms with Gasteiger partial charge in [0.25, 0.3) is 0 Å². The number of urea groups is 1. The van der Waals surface area contributed by atoms with Crippen LogP contribution in [0.15, 0.2) is 48.7 Å². The van der Waals surface area contributed by atoms with Crippen LogP contribution in [-0.2, 0) is 11.2 Å². The molecule has 2 heterocycles. The molecule has 3 amide bonds. The predicted octanol–water partition coefficient (Wildman–Crippen LogP) is 4.56. The Hall–Kier alpha value is -3.39. The van der Waals surface area contributed by atoms with Gasteiger partial charge >= 0.3 is 12.1 Å². The largest absolute Gasteiger partial charge is 0.351 e. The van der Waals surface area contributed by atoms with Crippen LogP contribution in [0.3, 0.4) is 0 Å². The van der Waals surface area contributed by atoms with Crippen molar-refractivity contribution >= 4 is 46.0 Å². The van der Waals surface area contributed by atoms with E-state index in [1.54, 1.807) is 41.3 Å². The van der Waals surface area contributed by atoms with Gasteiger partial charge in [-0.25, -0.2) is 14.0 Å². The number of aromatic nitrogens is 1. The Kier molecular flexibility index (Phi) is 5.12. The van der Waals surface area contributed by atoms with Crippen molar-refractivity contribution in [3.05, 3.63) is 65.1 Å². The molecule has 1 aromatic heterocycles. The molecule has 1 aliphatic heterocycles. The maximum Gasteiger partial charge on any atom is 0.323 e. The van der Waals surface area contributed by atoms with Gasteiger partial charge in [-0.3, -0.25) is 9.36 Å². The predicted molar refractivity (Wildman–Crippen MR) is 123 cm³/mol. The molecule has 1 saturated carbocycles. The van der Waals surface area contributed by atoms with Gasteiger partial charge < -0.3 is 16.0 Å². The van der Waals surface area contributed by atoms with Crippen LogP contribution in [0.25, 0.3) is 10.9 Å². The summed E-state index contributed by atoms with van der Waals surface area (Å²) in [6, 6.07) is 10.8. The van der Waals surface area contributed by atoms with Gasteiger partial charge in [-0.15, -0.1) is 0 Å². The van der Waals surface area contributed by atoms with Crippen LogP contribution >= 0.6 is 11.6 Å². The first-order valence-corrected chi connectivity index (χ1v) is 11.2. The smallest absolute Gasteiger partial charge is 0.323 e. The summed E-state index contributed by atoms with van der Waals surface area (Å²) in [7, 11) is 0. The minimum Gasteiger partial charge on any atom is -0.351 e. The van der Waals surface area contributed by atoms with Crippen molar-refractivity contribution in [1.82, 2.24) is 9.47 Å². The van der Waals surface area contributed by atoms with Crippen LogP contribution in [0.4, 0.5) is 19.7 Å². The first kappa shape index (κ1) is 21.5. The number of primary amides is 1. The molecule has 2 aliphatic rings. The fourth-order valence-corrected chi connectivity index (χ4v) is 5.29. The van der Waals surface area contributed by atoms with Gasteiger partial charge in [0, 0.05) is 24.5 Å². The Morgan fingerprint density at radius 3 is 2.73 bits per heavy atom. The number of nitrogens with two attached hydrogens (primary N) is 1. The number of benzene rings is 2. The summed E-state index contributed by atoms with van der Waals surface area (Å²) in [6.07, 6.45) is 3.19. The van der Waals surface area contributed by atoms with E-state index in [4.69, 9.17) is 17.3 Å². The number of carbonyl (C=O) groups excluding carboxylic acids is 3. The number of piperidine rings is 1. The zero-order valence-electron chi connectivity index (χ0n) is 17.7. The normalized spacial score (nSPS) is 21.2. The van der Waals surface area contributed by atoms with Crippen LogP contribution < -0.4 is 11.1 Å². The summed E-state index contributed by atoms with van der Waals surface area (Å²) in [5, 5.41) is 3.56. The molecule has 1 saturated heterocycles. The average Bonchev–Trinajstić information content (AvgIpc) is 3.23. The quantitative estimate of drug-likeness (QED) is 0.574. The van der Waals surface area contributed by atoms with E-state index in [-0.39, 0.29) is 29.6 Å². The number of likely N-dealkylation sites (tertiary alicyclic amines) is 1. The number of hydrogen-bond donors (Lipinski definition) is 2. The maximum absolute atomic E-state index is 14.2. The lowest BCUT2D eigenvalue weighted by molar-refractivity contribution is -0.124. The second-order valence-corrected chi connectivity index (χ2v) is 9.01. The molecule has 3 aromatic rings. The Bertz CT molecular complexity index is 1310. The van der Waals surface area contributed by atoms with Crippen LogP contribution in [0.2, 0.25) is 5.02 Å². The van der Waals surface area contributed by atoms with E-state index in [1.807, 2.05) is 0 Å². The van der Waals surface area contributed by atoms with Crippen LogP contribution in [0.5, 0.6) is 0 Å². The zero-order valence-corrected chi connectivity index (χ0v) is 18.4. The van der Waals surface area contributed by atoms with Gasteiger partial charge in [0.15, 0.2) is 5.78 Å². The Labute approximate surface area is 194 Å². The van der Waals surface area contributed by atoms with Crippen molar-refractivity contribution in [1.29, 1.82) is 0 Å². The molecule has 7 nitrogen and oxygen atoms in total. The monoisotopic (exact) mass is 468 g/mol. The van der Waals surface area contributed by atoms with Crippen molar-refractivity contribution in [2.75, 3.05) is 11.9 Å². The average molecular weight is 469 g/mol. The fraction of sp³-hybridized carbons (Fsp3) is 0.292. The van der Waals surface area contributed by atoms with Gasteiger partial charge in [0.2, 0.25) is 0 Å². The second-order valence-electron chi connectivity index (χ2n) is 8.60. The number of para-hydroxylation sites is 1. The molecule has 0 radical (unpaired) electrons. The summed E-state index contributed by atoms with van der Waals surface area (Å²) in [5.41, 5.74) is 6.03. The summed E-state index contributed by atoms with van der Waals surface area (Å²) in [5.74, 6) is -0.463. The number of halogens is 2. The highest BCUT2D eigenvalue weighted by molar-refractivity contribution is 6.30. The van der Waals surface area contributed by atoms with E-state index in [0.717, 1.165) is 6.42 Å². The highest BCUT2D eigenvalue weighted by Gasteiger charge is 2.67. The lowest BCUT2D eigenvalue weighted by Gasteiger charge is -2.27. The summed E-state index contributed by atoms with van der Waals surface area (Å²) in [4.78, 5) is 39.8. The van der Waals surface area contributed by atoms with E-state index in [2.05, 4.69) is 5.32 Å². The van der Waals surface area contributed by atoms with Crippen molar-refractivity contribution < 1.29 is 18.8 Å². The topological polar surface area (TPSA) is 97.4 Å². The summed E-state index contributed by atoms with van der Waals surface area (Å²) in [6.45, 7) is 0.461. The number of carbonyl (C=O) groups is 3. The van der Waals surface area contributed by atoms with Gasteiger partial charge in [0.05, 0.1) is 16.2 Å². The molecule has 33 heavy (non-hydrogen) atoms. The first-order chi connectivity index (χ1) is 15.8.